The molecule has 1 atom stereocenters. The van der Waals surface area contributed by atoms with Crippen molar-refractivity contribution < 1.29 is 0 Å². The molecule has 0 aliphatic heterocycles. The first kappa shape index (κ1) is 14.5. The number of rotatable bonds is 5. The largest absolute Gasteiger partial charge is 0.324 e. The van der Waals surface area contributed by atoms with E-state index in [1.54, 1.807) is 0 Å². The number of nitrogens with two attached hydrogens (primary N) is 1. The molecule has 1 nitrogen and oxygen atoms in total. The van der Waals surface area contributed by atoms with Crippen molar-refractivity contribution >= 4 is 12.4 Å². The molecule has 0 heterocycles. The van der Waals surface area contributed by atoms with Crippen LogP contribution in [0.4, 0.5) is 0 Å². The summed E-state index contributed by atoms with van der Waals surface area (Å²) in [6.45, 7) is 4.37. The smallest absolute Gasteiger partial charge is 0.0294 e. The Hall–Kier alpha value is -0.530. The van der Waals surface area contributed by atoms with E-state index in [0.29, 0.717) is 0 Å². The van der Waals surface area contributed by atoms with E-state index >= 15 is 0 Å². The molecule has 1 aromatic rings. The second-order valence-corrected chi connectivity index (χ2v) is 3.84. The molecule has 0 unspecified atom stereocenters. The summed E-state index contributed by atoms with van der Waals surface area (Å²) in [6, 6.07) is 8.92. The lowest BCUT2D eigenvalue weighted by Crippen LogP contribution is -2.09. The molecule has 0 radical (unpaired) electrons. The molecule has 0 aliphatic carbocycles. The second kappa shape index (κ2) is 7.72. The first-order valence-corrected chi connectivity index (χ1v) is 5.62. The lowest BCUT2D eigenvalue weighted by atomic mass is 10.0. The molecule has 0 amide bonds. The summed E-state index contributed by atoms with van der Waals surface area (Å²) in [5.74, 6) is 0. The molecule has 0 aliphatic rings. The molecule has 1 aromatic carbocycles. The van der Waals surface area contributed by atoms with Gasteiger partial charge in [-0.05, 0) is 24.0 Å². The van der Waals surface area contributed by atoms with Crippen LogP contribution in [0.3, 0.4) is 0 Å². The third-order valence-electron chi connectivity index (χ3n) is 2.68. The van der Waals surface area contributed by atoms with Crippen LogP contribution < -0.4 is 5.73 Å². The number of aryl methyl sites for hydroxylation is 1. The van der Waals surface area contributed by atoms with Gasteiger partial charge in [-0.2, -0.15) is 0 Å². The van der Waals surface area contributed by atoms with Gasteiger partial charge in [0.25, 0.3) is 0 Å². The molecule has 0 spiro atoms. The number of unbranched alkanes of at least 4 members (excludes halogenated alkanes) is 1. The van der Waals surface area contributed by atoms with E-state index in [-0.39, 0.29) is 18.4 Å². The molecule has 2 heteroatoms. The minimum atomic E-state index is 0. The Kier molecular flexibility index (Phi) is 7.45. The summed E-state index contributed by atoms with van der Waals surface area (Å²) >= 11 is 0. The van der Waals surface area contributed by atoms with E-state index in [2.05, 4.69) is 38.1 Å². The monoisotopic (exact) mass is 227 g/mol. The summed E-state index contributed by atoms with van der Waals surface area (Å²) in [5, 5.41) is 0. The number of hydrogen-bond acceptors (Lipinski definition) is 1. The van der Waals surface area contributed by atoms with Gasteiger partial charge < -0.3 is 5.73 Å². The standard InChI is InChI=1S/C13H21N.ClH/c1-3-5-6-13(14)12-9-7-11(4-2)8-10-12;/h7-10,13H,3-6,14H2,1-2H3;1H/t13-;/m0./s1. The molecule has 0 bridgehead atoms. The Labute approximate surface area is 99.5 Å². The molecule has 0 saturated heterocycles. The van der Waals surface area contributed by atoms with Crippen LogP contribution in [0.25, 0.3) is 0 Å². The fourth-order valence-corrected chi connectivity index (χ4v) is 1.59. The summed E-state index contributed by atoms with van der Waals surface area (Å²) in [7, 11) is 0. The maximum absolute atomic E-state index is 6.07. The van der Waals surface area contributed by atoms with Crippen molar-refractivity contribution in [1.29, 1.82) is 0 Å². The topological polar surface area (TPSA) is 26.0 Å². The van der Waals surface area contributed by atoms with Gasteiger partial charge in [-0.1, -0.05) is 51.0 Å². The van der Waals surface area contributed by atoms with Crippen molar-refractivity contribution in [2.75, 3.05) is 0 Å². The fraction of sp³-hybridized carbons (Fsp3) is 0.538. The number of benzene rings is 1. The summed E-state index contributed by atoms with van der Waals surface area (Å²) in [4.78, 5) is 0. The minimum Gasteiger partial charge on any atom is -0.324 e. The molecular formula is C13H22ClN. The molecule has 2 N–H and O–H groups in total. The van der Waals surface area contributed by atoms with Gasteiger partial charge in [0, 0.05) is 6.04 Å². The van der Waals surface area contributed by atoms with Crippen LogP contribution in [0, 0.1) is 0 Å². The van der Waals surface area contributed by atoms with Crippen LogP contribution in [0.1, 0.15) is 50.3 Å². The molecule has 1 rings (SSSR count). The lowest BCUT2D eigenvalue weighted by molar-refractivity contribution is 0.603. The van der Waals surface area contributed by atoms with Gasteiger partial charge >= 0.3 is 0 Å². The van der Waals surface area contributed by atoms with Crippen LogP contribution >= 0.6 is 12.4 Å². The van der Waals surface area contributed by atoms with E-state index in [9.17, 15) is 0 Å². The maximum Gasteiger partial charge on any atom is 0.0294 e. The number of hydrogen-bond donors (Lipinski definition) is 1. The Balaban J connectivity index is 0.00000196. The van der Waals surface area contributed by atoms with E-state index in [1.165, 1.54) is 24.0 Å². The zero-order chi connectivity index (χ0) is 10.4. The second-order valence-electron chi connectivity index (χ2n) is 3.84. The van der Waals surface area contributed by atoms with Gasteiger partial charge in [0.05, 0.1) is 0 Å². The predicted octanol–water partition coefficient (Wildman–Crippen LogP) is 3.86. The highest BCUT2D eigenvalue weighted by Crippen LogP contribution is 2.17. The summed E-state index contributed by atoms with van der Waals surface area (Å²) in [6.07, 6.45) is 4.64. The van der Waals surface area contributed by atoms with Gasteiger partial charge in [-0.15, -0.1) is 12.4 Å². The number of halogens is 1. The predicted molar refractivity (Wildman–Crippen MR) is 69.5 cm³/mol. The van der Waals surface area contributed by atoms with Crippen molar-refractivity contribution in [1.82, 2.24) is 0 Å². The molecule has 0 aromatic heterocycles. The van der Waals surface area contributed by atoms with Crippen LogP contribution in [-0.4, -0.2) is 0 Å². The van der Waals surface area contributed by atoms with Gasteiger partial charge in [-0.3, -0.25) is 0 Å². The van der Waals surface area contributed by atoms with Crippen LogP contribution in [-0.2, 0) is 6.42 Å². The third-order valence-corrected chi connectivity index (χ3v) is 2.68. The highest BCUT2D eigenvalue weighted by atomic mass is 35.5. The van der Waals surface area contributed by atoms with Gasteiger partial charge in [-0.25, -0.2) is 0 Å². The minimum absolute atomic E-state index is 0. The SMILES string of the molecule is CCCC[C@H](N)c1ccc(CC)cc1.Cl. The maximum atomic E-state index is 6.07. The molecule has 86 valence electrons. The molecule has 15 heavy (non-hydrogen) atoms. The van der Waals surface area contributed by atoms with Crippen molar-refractivity contribution in [3.63, 3.8) is 0 Å². The first-order chi connectivity index (χ1) is 6.77. The average molecular weight is 228 g/mol. The quantitative estimate of drug-likeness (QED) is 0.812. The van der Waals surface area contributed by atoms with Crippen molar-refractivity contribution in [2.24, 2.45) is 5.73 Å². The highest BCUT2D eigenvalue weighted by molar-refractivity contribution is 5.85. The Morgan fingerprint density at radius 3 is 2.20 bits per heavy atom. The first-order valence-electron chi connectivity index (χ1n) is 5.62. The van der Waals surface area contributed by atoms with Gasteiger partial charge in [0.1, 0.15) is 0 Å². The molecule has 0 saturated carbocycles. The van der Waals surface area contributed by atoms with Gasteiger partial charge in [0.15, 0.2) is 0 Å². The molecular weight excluding hydrogens is 206 g/mol. The fourth-order valence-electron chi connectivity index (χ4n) is 1.59. The van der Waals surface area contributed by atoms with Crippen molar-refractivity contribution in [2.45, 2.75) is 45.6 Å². The Bertz CT molecular complexity index is 256. The lowest BCUT2D eigenvalue weighted by Gasteiger charge is -2.11. The van der Waals surface area contributed by atoms with Crippen molar-refractivity contribution in [3.8, 4) is 0 Å². The van der Waals surface area contributed by atoms with Gasteiger partial charge in [0.2, 0.25) is 0 Å². The molecule has 0 fully saturated rings. The van der Waals surface area contributed by atoms with E-state index in [4.69, 9.17) is 5.73 Å². The van der Waals surface area contributed by atoms with Crippen molar-refractivity contribution in [3.05, 3.63) is 35.4 Å². The van der Waals surface area contributed by atoms with E-state index in [0.717, 1.165) is 12.8 Å². The zero-order valence-corrected chi connectivity index (χ0v) is 10.5. The van der Waals surface area contributed by atoms with Crippen LogP contribution in [0.15, 0.2) is 24.3 Å². The summed E-state index contributed by atoms with van der Waals surface area (Å²) in [5.41, 5.74) is 8.73. The van der Waals surface area contributed by atoms with Crippen LogP contribution in [0.2, 0.25) is 0 Å². The van der Waals surface area contributed by atoms with Crippen LogP contribution in [0.5, 0.6) is 0 Å². The zero-order valence-electron chi connectivity index (χ0n) is 9.70. The normalized spacial score (nSPS) is 11.9. The summed E-state index contributed by atoms with van der Waals surface area (Å²) < 4.78 is 0. The van der Waals surface area contributed by atoms with E-state index in [1.807, 2.05) is 0 Å². The third kappa shape index (κ3) is 4.67. The Morgan fingerprint density at radius 2 is 1.73 bits per heavy atom. The highest BCUT2D eigenvalue weighted by Gasteiger charge is 2.04. The van der Waals surface area contributed by atoms with E-state index < -0.39 is 0 Å². The Morgan fingerprint density at radius 1 is 1.13 bits per heavy atom. The average Bonchev–Trinajstić information content (AvgIpc) is 2.26.